The van der Waals surface area contributed by atoms with Crippen molar-refractivity contribution in [3.8, 4) is 11.5 Å². The lowest BCUT2D eigenvalue weighted by Crippen LogP contribution is -2.23. The molecule has 0 spiro atoms. The van der Waals surface area contributed by atoms with Crippen LogP contribution >= 0.6 is 0 Å². The molecule has 0 fully saturated rings. The largest absolute Gasteiger partial charge is 0.462 e. The molecule has 32 heavy (non-hydrogen) atoms. The predicted octanol–water partition coefficient (Wildman–Crippen LogP) is 4.52. The minimum absolute atomic E-state index is 0.105. The van der Waals surface area contributed by atoms with Gasteiger partial charge in [-0.25, -0.2) is 17.5 Å². The van der Waals surface area contributed by atoms with E-state index >= 15 is 0 Å². The lowest BCUT2D eigenvalue weighted by Gasteiger charge is -2.20. The summed E-state index contributed by atoms with van der Waals surface area (Å²) >= 11 is 0. The van der Waals surface area contributed by atoms with Crippen molar-refractivity contribution in [2.24, 2.45) is 0 Å². The fourth-order valence-corrected chi connectivity index (χ4v) is 4.01. The van der Waals surface area contributed by atoms with Gasteiger partial charge in [0.15, 0.2) is 5.75 Å². The first-order chi connectivity index (χ1) is 15.3. The maximum Gasteiger partial charge on any atom is 0.338 e. The molecule has 0 heterocycles. The molecule has 0 aliphatic rings. The molecular formula is C24H26N2O5S. The number of hydrogen-bond acceptors (Lipinski definition) is 6. The number of nitrogens with zero attached hydrogens (tertiary/aromatic N) is 1. The van der Waals surface area contributed by atoms with E-state index in [2.05, 4.69) is 5.32 Å². The summed E-state index contributed by atoms with van der Waals surface area (Å²) in [6.45, 7) is 2.26. The minimum atomic E-state index is -3.94. The number of para-hydroxylation sites is 1. The molecule has 0 aliphatic carbocycles. The number of esters is 1. The maximum absolute atomic E-state index is 13.2. The van der Waals surface area contributed by atoms with Crippen molar-refractivity contribution in [1.29, 1.82) is 0 Å². The van der Waals surface area contributed by atoms with Crippen molar-refractivity contribution in [3.05, 3.63) is 83.9 Å². The van der Waals surface area contributed by atoms with Gasteiger partial charge in [0.05, 0.1) is 17.9 Å². The van der Waals surface area contributed by atoms with Crippen LogP contribution in [-0.2, 0) is 21.3 Å². The van der Waals surface area contributed by atoms with Crippen LogP contribution in [0.1, 0.15) is 22.8 Å². The molecule has 3 rings (SSSR count). The minimum Gasteiger partial charge on any atom is -0.462 e. The van der Waals surface area contributed by atoms with E-state index < -0.39 is 16.0 Å². The molecule has 0 aromatic heterocycles. The van der Waals surface area contributed by atoms with Gasteiger partial charge >= 0.3 is 5.97 Å². The Hall–Kier alpha value is -3.36. The smallest absolute Gasteiger partial charge is 0.338 e. The van der Waals surface area contributed by atoms with E-state index in [9.17, 15) is 13.2 Å². The highest BCUT2D eigenvalue weighted by Gasteiger charge is 2.28. The zero-order valence-electron chi connectivity index (χ0n) is 18.2. The number of anilines is 1. The molecule has 3 aromatic rings. The molecule has 0 bridgehead atoms. The standard InChI is InChI=1S/C24H26N2O5S/c1-4-30-24(27)19-15-21(25-17-18-11-7-5-8-12-18)23(31-20-13-9-6-10-14-20)22(16-19)32(28,29)26(2)3/h5-16,25H,4,17H2,1-3H3. The third-order valence-electron chi connectivity index (χ3n) is 4.61. The van der Waals surface area contributed by atoms with Crippen LogP contribution in [0, 0.1) is 0 Å². The first-order valence-corrected chi connectivity index (χ1v) is 11.5. The number of benzene rings is 3. The Labute approximate surface area is 188 Å². The van der Waals surface area contributed by atoms with Gasteiger partial charge in [-0.3, -0.25) is 0 Å². The van der Waals surface area contributed by atoms with Gasteiger partial charge in [0, 0.05) is 20.6 Å². The molecule has 8 heteroatoms. The zero-order valence-corrected chi connectivity index (χ0v) is 19.1. The highest BCUT2D eigenvalue weighted by Crippen LogP contribution is 2.39. The normalized spacial score (nSPS) is 11.2. The van der Waals surface area contributed by atoms with Crippen LogP contribution in [0.25, 0.3) is 0 Å². The van der Waals surface area contributed by atoms with Gasteiger partial charge in [-0.2, -0.15) is 0 Å². The van der Waals surface area contributed by atoms with Crippen LogP contribution in [-0.4, -0.2) is 39.4 Å². The van der Waals surface area contributed by atoms with Gasteiger partial charge in [0.1, 0.15) is 10.6 Å². The Morgan fingerprint density at radius 3 is 2.19 bits per heavy atom. The summed E-state index contributed by atoms with van der Waals surface area (Å²) in [6, 6.07) is 21.3. The van der Waals surface area contributed by atoms with Crippen molar-refractivity contribution in [2.75, 3.05) is 26.0 Å². The fraction of sp³-hybridized carbons (Fsp3) is 0.208. The number of nitrogens with one attached hydrogen (secondary N) is 1. The van der Waals surface area contributed by atoms with Gasteiger partial charge in [-0.15, -0.1) is 0 Å². The average molecular weight is 455 g/mol. The molecule has 1 N–H and O–H groups in total. The van der Waals surface area contributed by atoms with Crippen LogP contribution in [0.4, 0.5) is 5.69 Å². The Morgan fingerprint density at radius 1 is 0.969 bits per heavy atom. The maximum atomic E-state index is 13.2. The van der Waals surface area contributed by atoms with Gasteiger partial charge in [0.2, 0.25) is 10.0 Å². The number of sulfonamides is 1. The van der Waals surface area contributed by atoms with Crippen molar-refractivity contribution < 1.29 is 22.7 Å². The summed E-state index contributed by atoms with van der Waals surface area (Å²) in [5, 5.41) is 3.22. The van der Waals surface area contributed by atoms with Crippen LogP contribution in [0.15, 0.2) is 77.7 Å². The van der Waals surface area contributed by atoms with Crippen molar-refractivity contribution in [2.45, 2.75) is 18.4 Å². The van der Waals surface area contributed by atoms with E-state index in [1.54, 1.807) is 37.3 Å². The third-order valence-corrected chi connectivity index (χ3v) is 6.43. The third kappa shape index (κ3) is 5.46. The molecule has 0 atom stereocenters. The lowest BCUT2D eigenvalue weighted by molar-refractivity contribution is 0.0526. The predicted molar refractivity (Wildman–Crippen MR) is 124 cm³/mol. The average Bonchev–Trinajstić information content (AvgIpc) is 2.79. The molecule has 168 valence electrons. The zero-order chi connectivity index (χ0) is 23.1. The summed E-state index contributed by atoms with van der Waals surface area (Å²) in [5.74, 6) is -0.0417. The number of ether oxygens (including phenoxy) is 2. The quantitative estimate of drug-likeness (QED) is 0.479. The van der Waals surface area contributed by atoms with E-state index in [0.29, 0.717) is 18.0 Å². The Morgan fingerprint density at radius 2 is 1.59 bits per heavy atom. The molecule has 7 nitrogen and oxygen atoms in total. The van der Waals surface area contributed by atoms with Crippen LogP contribution < -0.4 is 10.1 Å². The van der Waals surface area contributed by atoms with E-state index in [1.807, 2.05) is 36.4 Å². The number of hydrogen-bond donors (Lipinski definition) is 1. The van der Waals surface area contributed by atoms with Crippen LogP contribution in [0.5, 0.6) is 11.5 Å². The Kier molecular flexibility index (Phi) is 7.50. The summed E-state index contributed by atoms with van der Waals surface area (Å²) in [5.41, 5.74) is 1.46. The van der Waals surface area contributed by atoms with Crippen LogP contribution in [0.3, 0.4) is 0 Å². The topological polar surface area (TPSA) is 84.9 Å². The van der Waals surface area contributed by atoms with Gasteiger partial charge in [-0.05, 0) is 36.8 Å². The second-order valence-corrected chi connectivity index (χ2v) is 9.23. The van der Waals surface area contributed by atoms with Crippen molar-refractivity contribution in [3.63, 3.8) is 0 Å². The van der Waals surface area contributed by atoms with E-state index in [1.165, 1.54) is 20.2 Å². The first kappa shape index (κ1) is 23.3. The number of carbonyl (C=O) groups is 1. The molecule has 0 saturated heterocycles. The van der Waals surface area contributed by atoms with Gasteiger partial charge in [0.25, 0.3) is 0 Å². The first-order valence-electron chi connectivity index (χ1n) is 10.1. The van der Waals surface area contributed by atoms with E-state index in [-0.39, 0.29) is 22.8 Å². The van der Waals surface area contributed by atoms with E-state index in [0.717, 1.165) is 9.87 Å². The molecule has 0 saturated carbocycles. The summed E-state index contributed by atoms with van der Waals surface area (Å²) in [6.07, 6.45) is 0. The monoisotopic (exact) mass is 454 g/mol. The Balaban J connectivity index is 2.16. The Bertz CT molecular complexity index is 1160. The van der Waals surface area contributed by atoms with Crippen molar-refractivity contribution in [1.82, 2.24) is 4.31 Å². The molecule has 3 aromatic carbocycles. The van der Waals surface area contributed by atoms with E-state index in [4.69, 9.17) is 9.47 Å². The van der Waals surface area contributed by atoms with Crippen molar-refractivity contribution >= 4 is 21.7 Å². The number of rotatable bonds is 9. The lowest BCUT2D eigenvalue weighted by atomic mass is 10.1. The van der Waals surface area contributed by atoms with Gasteiger partial charge < -0.3 is 14.8 Å². The molecule has 0 aliphatic heterocycles. The summed E-state index contributed by atoms with van der Waals surface area (Å²) in [7, 11) is -1.09. The summed E-state index contributed by atoms with van der Waals surface area (Å²) in [4.78, 5) is 12.4. The fourth-order valence-electron chi connectivity index (χ4n) is 2.96. The second-order valence-electron chi connectivity index (χ2n) is 7.11. The molecule has 0 radical (unpaired) electrons. The van der Waals surface area contributed by atoms with Crippen LogP contribution in [0.2, 0.25) is 0 Å². The second kappa shape index (κ2) is 10.3. The highest BCUT2D eigenvalue weighted by molar-refractivity contribution is 7.89. The van der Waals surface area contributed by atoms with Gasteiger partial charge in [-0.1, -0.05) is 48.5 Å². The SMILES string of the molecule is CCOC(=O)c1cc(NCc2ccccc2)c(Oc2ccccc2)c(S(=O)(=O)N(C)C)c1. The highest BCUT2D eigenvalue weighted by atomic mass is 32.2. The molecule has 0 amide bonds. The molecular weight excluding hydrogens is 428 g/mol. The number of carbonyl (C=O) groups excluding carboxylic acids is 1. The molecule has 0 unspecified atom stereocenters. The summed E-state index contributed by atoms with van der Waals surface area (Å²) < 4.78 is 38.6.